The number of rotatable bonds is 3. The van der Waals surface area contributed by atoms with E-state index in [2.05, 4.69) is 10.4 Å². The van der Waals surface area contributed by atoms with Gasteiger partial charge in [-0.3, -0.25) is 9.80 Å². The van der Waals surface area contributed by atoms with Gasteiger partial charge in [0.1, 0.15) is 5.84 Å². The topological polar surface area (TPSA) is 44.7 Å². The minimum Gasteiger partial charge on any atom is -0.312 e. The Kier molecular flexibility index (Phi) is 4.89. The fraction of sp³-hybridized carbons (Fsp3) is 0.429. The number of carbonyl (C=O) groups is 1. The Morgan fingerprint density at radius 2 is 2.20 bits per heavy atom. The summed E-state index contributed by atoms with van der Waals surface area (Å²) in [6.45, 7) is 4.71. The molecule has 1 aliphatic rings. The summed E-state index contributed by atoms with van der Waals surface area (Å²) in [5.41, 5.74) is 0.867. The molecule has 1 heterocycles. The zero-order valence-corrected chi connectivity index (χ0v) is 13.0. The van der Waals surface area contributed by atoms with Crippen molar-refractivity contribution in [2.45, 2.75) is 26.7 Å². The second-order valence-electron chi connectivity index (χ2n) is 4.86. The standard InChI is InChI=1S/C14H17Cl2N3O/c1-3-4-13(20)17-14-9(2)8-19(18-14)10-5-6-11(15)12(16)7-10/h5-7,9H,3-4,8H2,1-2H3,(H,17,18,20). The maximum absolute atomic E-state index is 11.6. The van der Waals surface area contributed by atoms with E-state index in [0.29, 0.717) is 28.8 Å². The predicted molar refractivity (Wildman–Crippen MR) is 83.5 cm³/mol. The normalized spacial score (nSPS) is 18.1. The summed E-state index contributed by atoms with van der Waals surface area (Å²) in [7, 11) is 0. The van der Waals surface area contributed by atoms with Crippen LogP contribution in [-0.2, 0) is 4.79 Å². The van der Waals surface area contributed by atoms with E-state index in [0.717, 1.165) is 12.1 Å². The lowest BCUT2D eigenvalue weighted by Crippen LogP contribution is -2.33. The number of nitrogens with zero attached hydrogens (tertiary/aromatic N) is 2. The smallest absolute Gasteiger partial charge is 0.225 e. The van der Waals surface area contributed by atoms with Gasteiger partial charge in [0, 0.05) is 12.3 Å². The molecule has 1 unspecified atom stereocenters. The highest BCUT2D eigenvalue weighted by molar-refractivity contribution is 6.42. The zero-order chi connectivity index (χ0) is 14.7. The first kappa shape index (κ1) is 15.1. The molecule has 20 heavy (non-hydrogen) atoms. The highest BCUT2D eigenvalue weighted by Gasteiger charge is 2.25. The molecule has 1 amide bonds. The number of nitrogens with one attached hydrogen (secondary N) is 1. The van der Waals surface area contributed by atoms with Crippen molar-refractivity contribution in [1.29, 1.82) is 0 Å². The van der Waals surface area contributed by atoms with Crippen molar-refractivity contribution in [1.82, 2.24) is 5.32 Å². The van der Waals surface area contributed by atoms with Crippen LogP contribution in [0.3, 0.4) is 0 Å². The molecule has 0 fully saturated rings. The fourth-order valence-corrected chi connectivity index (χ4v) is 2.30. The summed E-state index contributed by atoms with van der Waals surface area (Å²) in [5.74, 6) is 0.883. The molecule has 0 aromatic heterocycles. The number of amidine groups is 1. The quantitative estimate of drug-likeness (QED) is 0.925. The van der Waals surface area contributed by atoms with E-state index in [1.54, 1.807) is 12.1 Å². The number of hydrogen-bond acceptors (Lipinski definition) is 3. The van der Waals surface area contributed by atoms with Gasteiger partial charge in [0.15, 0.2) is 0 Å². The van der Waals surface area contributed by atoms with Crippen LogP contribution < -0.4 is 10.3 Å². The van der Waals surface area contributed by atoms with Crippen LogP contribution in [0.5, 0.6) is 0 Å². The highest BCUT2D eigenvalue weighted by atomic mass is 35.5. The van der Waals surface area contributed by atoms with Gasteiger partial charge in [0.2, 0.25) is 5.91 Å². The SMILES string of the molecule is CCCC(=O)NC1=NN(c2ccc(Cl)c(Cl)c2)CC1C. The number of amides is 1. The minimum atomic E-state index is 0.00842. The van der Waals surface area contributed by atoms with E-state index >= 15 is 0 Å². The third-order valence-electron chi connectivity index (χ3n) is 3.09. The first-order valence-electron chi connectivity index (χ1n) is 6.62. The lowest BCUT2D eigenvalue weighted by molar-refractivity contribution is -0.119. The summed E-state index contributed by atoms with van der Waals surface area (Å²) < 4.78 is 0. The molecule has 4 nitrogen and oxygen atoms in total. The summed E-state index contributed by atoms with van der Waals surface area (Å²) in [5, 5.41) is 10.2. The molecule has 6 heteroatoms. The number of benzene rings is 1. The monoisotopic (exact) mass is 313 g/mol. The summed E-state index contributed by atoms with van der Waals surface area (Å²) in [4.78, 5) is 11.6. The summed E-state index contributed by atoms with van der Waals surface area (Å²) in [6, 6.07) is 5.38. The van der Waals surface area contributed by atoms with Gasteiger partial charge in [-0.15, -0.1) is 0 Å². The van der Waals surface area contributed by atoms with E-state index in [4.69, 9.17) is 23.2 Å². The molecule has 1 N–H and O–H groups in total. The first-order valence-corrected chi connectivity index (χ1v) is 7.37. The van der Waals surface area contributed by atoms with Crippen molar-refractivity contribution >= 4 is 40.6 Å². The average Bonchev–Trinajstić information content (AvgIpc) is 2.74. The summed E-state index contributed by atoms with van der Waals surface area (Å²) >= 11 is 11.9. The van der Waals surface area contributed by atoms with Crippen LogP contribution >= 0.6 is 23.2 Å². The van der Waals surface area contributed by atoms with Gasteiger partial charge in [0.05, 0.1) is 22.3 Å². The van der Waals surface area contributed by atoms with Crippen LogP contribution in [0, 0.1) is 5.92 Å². The van der Waals surface area contributed by atoms with Crippen molar-refractivity contribution in [3.63, 3.8) is 0 Å². The molecule has 1 atom stereocenters. The molecular formula is C14H17Cl2N3O. The maximum Gasteiger partial charge on any atom is 0.225 e. The second-order valence-corrected chi connectivity index (χ2v) is 5.68. The van der Waals surface area contributed by atoms with E-state index in [1.165, 1.54) is 0 Å². The lowest BCUT2D eigenvalue weighted by Gasteiger charge is -2.14. The number of anilines is 1. The summed E-state index contributed by atoms with van der Waals surface area (Å²) in [6.07, 6.45) is 1.34. The van der Waals surface area contributed by atoms with Gasteiger partial charge in [-0.25, -0.2) is 0 Å². The molecule has 2 rings (SSSR count). The van der Waals surface area contributed by atoms with Gasteiger partial charge < -0.3 is 5.32 Å². The van der Waals surface area contributed by atoms with Crippen molar-refractivity contribution in [2.75, 3.05) is 11.6 Å². The third kappa shape index (κ3) is 3.44. The minimum absolute atomic E-state index is 0.00842. The molecule has 0 bridgehead atoms. The number of halogens is 2. The van der Waals surface area contributed by atoms with Gasteiger partial charge in [-0.05, 0) is 24.6 Å². The van der Waals surface area contributed by atoms with Gasteiger partial charge >= 0.3 is 0 Å². The van der Waals surface area contributed by atoms with Crippen molar-refractivity contribution in [3.05, 3.63) is 28.2 Å². The number of carbonyl (C=O) groups excluding carboxylic acids is 1. The molecule has 1 aromatic carbocycles. The Hall–Kier alpha value is -1.26. The highest BCUT2D eigenvalue weighted by Crippen LogP contribution is 2.29. The van der Waals surface area contributed by atoms with E-state index in [9.17, 15) is 4.79 Å². The average molecular weight is 314 g/mol. The van der Waals surface area contributed by atoms with Gasteiger partial charge in [-0.1, -0.05) is 37.0 Å². The molecule has 108 valence electrons. The molecule has 0 aliphatic carbocycles. The van der Waals surface area contributed by atoms with Crippen LogP contribution in [-0.4, -0.2) is 18.3 Å². The Bertz CT molecular complexity index is 545. The second kappa shape index (κ2) is 6.46. The molecule has 1 aromatic rings. The van der Waals surface area contributed by atoms with Crippen molar-refractivity contribution < 1.29 is 4.79 Å². The fourth-order valence-electron chi connectivity index (χ4n) is 2.00. The van der Waals surface area contributed by atoms with E-state index < -0.39 is 0 Å². The number of hydrogen-bond donors (Lipinski definition) is 1. The molecular weight excluding hydrogens is 297 g/mol. The maximum atomic E-state index is 11.6. The van der Waals surface area contributed by atoms with Crippen molar-refractivity contribution in [3.8, 4) is 0 Å². The molecule has 0 saturated carbocycles. The van der Waals surface area contributed by atoms with Crippen LogP contribution in [0.15, 0.2) is 23.3 Å². The number of hydrazone groups is 1. The molecule has 0 radical (unpaired) electrons. The van der Waals surface area contributed by atoms with Crippen LogP contribution in [0.4, 0.5) is 5.69 Å². The van der Waals surface area contributed by atoms with E-state index in [1.807, 2.05) is 24.9 Å². The zero-order valence-electron chi connectivity index (χ0n) is 11.5. The van der Waals surface area contributed by atoms with Crippen LogP contribution in [0.1, 0.15) is 26.7 Å². The predicted octanol–water partition coefficient (Wildman–Crippen LogP) is 3.68. The Morgan fingerprint density at radius 1 is 1.45 bits per heavy atom. The third-order valence-corrected chi connectivity index (χ3v) is 3.83. The van der Waals surface area contributed by atoms with Crippen LogP contribution in [0.25, 0.3) is 0 Å². The van der Waals surface area contributed by atoms with Gasteiger partial charge in [-0.2, -0.15) is 5.10 Å². The largest absolute Gasteiger partial charge is 0.312 e. The Balaban J connectivity index is 2.13. The van der Waals surface area contributed by atoms with E-state index in [-0.39, 0.29) is 11.8 Å². The van der Waals surface area contributed by atoms with Crippen LogP contribution in [0.2, 0.25) is 10.0 Å². The molecule has 1 aliphatic heterocycles. The lowest BCUT2D eigenvalue weighted by atomic mass is 10.1. The Morgan fingerprint density at radius 3 is 2.85 bits per heavy atom. The Labute approximate surface area is 128 Å². The molecule has 0 spiro atoms. The van der Waals surface area contributed by atoms with Crippen molar-refractivity contribution in [2.24, 2.45) is 11.0 Å². The van der Waals surface area contributed by atoms with Gasteiger partial charge in [0.25, 0.3) is 0 Å². The molecule has 0 saturated heterocycles. The first-order chi connectivity index (χ1) is 9.51.